The Morgan fingerprint density at radius 3 is 2.31 bits per heavy atom. The summed E-state index contributed by atoms with van der Waals surface area (Å²) in [7, 11) is 0. The van der Waals surface area contributed by atoms with Gasteiger partial charge in [-0.3, -0.25) is 4.79 Å². The minimum atomic E-state index is -1.31. The second-order valence-corrected chi connectivity index (χ2v) is 4.35. The Balaban J connectivity index is 2.94. The largest absolute Gasteiger partial charge is 0.380 e. The number of rotatable bonds is 3. The Labute approximate surface area is 96.5 Å². The van der Waals surface area contributed by atoms with Crippen molar-refractivity contribution < 1.29 is 9.90 Å². The number of benzene rings is 1. The van der Waals surface area contributed by atoms with E-state index in [0.717, 1.165) is 16.8 Å². The molecule has 0 bridgehead atoms. The number of nitrogens with one attached hydrogen (secondary N) is 1. The molecule has 1 aromatic carbocycles. The summed E-state index contributed by atoms with van der Waals surface area (Å²) in [5.41, 5.74) is 1.48. The molecule has 1 amide bonds. The highest BCUT2D eigenvalue weighted by atomic mass is 16.3. The lowest BCUT2D eigenvalue weighted by Gasteiger charge is -2.21. The van der Waals surface area contributed by atoms with E-state index in [-0.39, 0.29) is 5.91 Å². The number of aliphatic hydroxyl groups is 1. The first kappa shape index (κ1) is 12.7. The number of hydrogen-bond acceptors (Lipinski definition) is 2. The molecule has 0 aromatic heterocycles. The van der Waals surface area contributed by atoms with Crippen LogP contribution in [0, 0.1) is 13.8 Å². The van der Waals surface area contributed by atoms with Crippen molar-refractivity contribution in [2.24, 2.45) is 0 Å². The fourth-order valence-corrected chi connectivity index (χ4v) is 1.42. The monoisotopic (exact) mass is 221 g/mol. The average Bonchev–Trinajstić information content (AvgIpc) is 2.23. The smallest absolute Gasteiger partial charge is 0.256 e. The standard InChI is InChI=1S/C13H19NO2/c1-5-13(4,16)12(15)14-11-9(2)7-6-8-10(11)3/h6-8,16H,5H2,1-4H3,(H,14,15). The van der Waals surface area contributed by atoms with Crippen molar-refractivity contribution in [3.05, 3.63) is 29.3 Å². The quantitative estimate of drug-likeness (QED) is 0.823. The molecule has 1 atom stereocenters. The number of para-hydroxylation sites is 1. The highest BCUT2D eigenvalue weighted by Crippen LogP contribution is 2.21. The zero-order chi connectivity index (χ0) is 12.3. The molecule has 3 nitrogen and oxygen atoms in total. The number of aryl methyl sites for hydroxylation is 2. The van der Waals surface area contributed by atoms with Gasteiger partial charge in [-0.2, -0.15) is 0 Å². The third-order valence-electron chi connectivity index (χ3n) is 2.90. The van der Waals surface area contributed by atoms with Gasteiger partial charge in [0.1, 0.15) is 5.60 Å². The Morgan fingerprint density at radius 2 is 1.88 bits per heavy atom. The van der Waals surface area contributed by atoms with Gasteiger partial charge in [-0.15, -0.1) is 0 Å². The van der Waals surface area contributed by atoms with E-state index in [4.69, 9.17) is 0 Å². The van der Waals surface area contributed by atoms with Gasteiger partial charge in [-0.05, 0) is 38.3 Å². The summed E-state index contributed by atoms with van der Waals surface area (Å²) >= 11 is 0. The van der Waals surface area contributed by atoms with Crippen LogP contribution >= 0.6 is 0 Å². The SMILES string of the molecule is CCC(C)(O)C(=O)Nc1c(C)cccc1C. The van der Waals surface area contributed by atoms with Gasteiger partial charge in [0.15, 0.2) is 0 Å². The molecule has 1 unspecified atom stereocenters. The minimum Gasteiger partial charge on any atom is -0.380 e. The molecule has 0 spiro atoms. The maximum atomic E-state index is 11.8. The van der Waals surface area contributed by atoms with Crippen LogP contribution < -0.4 is 5.32 Å². The first-order valence-electron chi connectivity index (χ1n) is 5.48. The molecule has 88 valence electrons. The van der Waals surface area contributed by atoms with Crippen molar-refractivity contribution in [2.45, 2.75) is 39.7 Å². The van der Waals surface area contributed by atoms with Crippen molar-refractivity contribution in [3.63, 3.8) is 0 Å². The summed E-state index contributed by atoms with van der Waals surface area (Å²) in [6.45, 7) is 7.17. The maximum Gasteiger partial charge on any atom is 0.256 e. The third kappa shape index (κ3) is 2.61. The fourth-order valence-electron chi connectivity index (χ4n) is 1.42. The molecule has 0 saturated heterocycles. The molecule has 1 rings (SSSR count). The fraction of sp³-hybridized carbons (Fsp3) is 0.462. The molecule has 0 saturated carbocycles. The molecule has 0 aliphatic rings. The van der Waals surface area contributed by atoms with Gasteiger partial charge in [0, 0.05) is 5.69 Å². The Hall–Kier alpha value is -1.35. The molecular formula is C13H19NO2. The van der Waals surface area contributed by atoms with E-state index >= 15 is 0 Å². The second-order valence-electron chi connectivity index (χ2n) is 4.35. The molecule has 16 heavy (non-hydrogen) atoms. The number of anilines is 1. The molecule has 1 aromatic rings. The number of carbonyl (C=O) groups excluding carboxylic acids is 1. The third-order valence-corrected chi connectivity index (χ3v) is 2.90. The summed E-state index contributed by atoms with van der Waals surface area (Å²) < 4.78 is 0. The summed E-state index contributed by atoms with van der Waals surface area (Å²) in [6.07, 6.45) is 0.393. The van der Waals surface area contributed by atoms with Gasteiger partial charge >= 0.3 is 0 Å². The highest BCUT2D eigenvalue weighted by molar-refractivity contribution is 5.97. The zero-order valence-corrected chi connectivity index (χ0v) is 10.3. The van der Waals surface area contributed by atoms with Gasteiger partial charge in [0.25, 0.3) is 5.91 Å². The predicted octanol–water partition coefficient (Wildman–Crippen LogP) is 2.40. The molecule has 3 heteroatoms. The van der Waals surface area contributed by atoms with Crippen molar-refractivity contribution in [1.29, 1.82) is 0 Å². The Morgan fingerprint density at radius 1 is 1.38 bits per heavy atom. The maximum absolute atomic E-state index is 11.8. The molecule has 0 heterocycles. The van der Waals surface area contributed by atoms with Crippen LogP contribution in [0.5, 0.6) is 0 Å². The van der Waals surface area contributed by atoms with Gasteiger partial charge in [-0.1, -0.05) is 25.1 Å². The summed E-state index contributed by atoms with van der Waals surface area (Å²) in [4.78, 5) is 11.8. The van der Waals surface area contributed by atoms with E-state index in [1.807, 2.05) is 32.0 Å². The Kier molecular flexibility index (Phi) is 3.70. The van der Waals surface area contributed by atoms with E-state index < -0.39 is 5.60 Å². The molecule has 2 N–H and O–H groups in total. The summed E-state index contributed by atoms with van der Waals surface area (Å²) in [5.74, 6) is -0.354. The van der Waals surface area contributed by atoms with Crippen molar-refractivity contribution in [2.75, 3.05) is 5.32 Å². The molecule has 0 aliphatic heterocycles. The van der Waals surface area contributed by atoms with Gasteiger partial charge in [0.2, 0.25) is 0 Å². The lowest BCUT2D eigenvalue weighted by Crippen LogP contribution is -2.39. The number of carbonyl (C=O) groups is 1. The van der Waals surface area contributed by atoms with Crippen LogP contribution in [0.3, 0.4) is 0 Å². The Bertz CT molecular complexity index is 377. The molecule has 0 radical (unpaired) electrons. The molecular weight excluding hydrogens is 202 g/mol. The first-order valence-corrected chi connectivity index (χ1v) is 5.48. The van der Waals surface area contributed by atoms with Crippen LogP contribution in [0.4, 0.5) is 5.69 Å². The lowest BCUT2D eigenvalue weighted by atomic mass is 10.0. The molecule has 0 aliphatic carbocycles. The predicted molar refractivity (Wildman–Crippen MR) is 65.5 cm³/mol. The van der Waals surface area contributed by atoms with Crippen molar-refractivity contribution >= 4 is 11.6 Å². The van der Waals surface area contributed by atoms with E-state index in [1.165, 1.54) is 6.92 Å². The van der Waals surface area contributed by atoms with Crippen LogP contribution in [0.1, 0.15) is 31.4 Å². The van der Waals surface area contributed by atoms with E-state index in [1.54, 1.807) is 6.92 Å². The van der Waals surface area contributed by atoms with Crippen LogP contribution in [0.25, 0.3) is 0 Å². The van der Waals surface area contributed by atoms with Crippen LogP contribution in [0.2, 0.25) is 0 Å². The first-order chi connectivity index (χ1) is 7.38. The topological polar surface area (TPSA) is 49.3 Å². The second kappa shape index (κ2) is 4.66. The number of amides is 1. The average molecular weight is 221 g/mol. The van der Waals surface area contributed by atoms with Gasteiger partial charge in [-0.25, -0.2) is 0 Å². The number of hydrogen-bond donors (Lipinski definition) is 2. The minimum absolute atomic E-state index is 0.354. The zero-order valence-electron chi connectivity index (χ0n) is 10.3. The molecule has 0 fully saturated rings. The van der Waals surface area contributed by atoms with Gasteiger partial charge in [0.05, 0.1) is 0 Å². The van der Waals surface area contributed by atoms with Crippen molar-refractivity contribution in [3.8, 4) is 0 Å². The summed E-state index contributed by atoms with van der Waals surface area (Å²) in [5, 5.41) is 12.6. The van der Waals surface area contributed by atoms with E-state index in [2.05, 4.69) is 5.32 Å². The highest BCUT2D eigenvalue weighted by Gasteiger charge is 2.28. The van der Waals surface area contributed by atoms with Crippen LogP contribution in [-0.4, -0.2) is 16.6 Å². The van der Waals surface area contributed by atoms with E-state index in [9.17, 15) is 9.90 Å². The normalized spacial score (nSPS) is 14.3. The van der Waals surface area contributed by atoms with E-state index in [0.29, 0.717) is 6.42 Å². The van der Waals surface area contributed by atoms with Crippen molar-refractivity contribution in [1.82, 2.24) is 0 Å². The lowest BCUT2D eigenvalue weighted by molar-refractivity contribution is -0.132. The van der Waals surface area contributed by atoms with Gasteiger partial charge < -0.3 is 10.4 Å². The summed E-state index contributed by atoms with van der Waals surface area (Å²) in [6, 6.07) is 5.81. The van der Waals surface area contributed by atoms with Crippen LogP contribution in [-0.2, 0) is 4.79 Å². The van der Waals surface area contributed by atoms with Crippen LogP contribution in [0.15, 0.2) is 18.2 Å².